The molecule has 0 amide bonds. The number of anilines is 2. The normalized spacial score (nSPS) is 17.9. The Balaban J connectivity index is 1.74. The molecule has 3 aromatic carbocycles. The summed E-state index contributed by atoms with van der Waals surface area (Å²) in [4.78, 5) is 4.84. The molecule has 0 saturated carbocycles. The van der Waals surface area contributed by atoms with Crippen LogP contribution in [-0.2, 0) is 6.42 Å². The third-order valence-corrected chi connectivity index (χ3v) is 5.74. The second kappa shape index (κ2) is 7.88. The minimum atomic E-state index is -0.956. The second-order valence-electron chi connectivity index (χ2n) is 7.13. The molecule has 0 aromatic heterocycles. The largest absolute Gasteiger partial charge is 0.359 e. The van der Waals surface area contributed by atoms with Gasteiger partial charge in [-0.05, 0) is 60.5 Å². The summed E-state index contributed by atoms with van der Waals surface area (Å²) in [6.07, 6.45) is 0.505. The van der Waals surface area contributed by atoms with Gasteiger partial charge in [0, 0.05) is 17.1 Å². The highest BCUT2D eigenvalue weighted by Crippen LogP contribution is 2.35. The minimum Gasteiger partial charge on any atom is -0.359 e. The molecule has 0 radical (unpaired) electrons. The summed E-state index contributed by atoms with van der Waals surface area (Å²) in [5.74, 6) is 0.587. The standard InChI is InChI=1S/C22H19Cl3N4/c1-13-2-9-19-20(10-13)28-21(27-16-7-8-17(24)18(25)11-16)22(26,29-19)12-14-3-5-15(23)6-4-14/h2-11,29H,12,26H2,1H3,(H,27,28). The van der Waals surface area contributed by atoms with Crippen molar-refractivity contribution in [2.24, 2.45) is 10.7 Å². The minimum absolute atomic E-state index is 0.456. The van der Waals surface area contributed by atoms with Crippen LogP contribution in [0.15, 0.2) is 65.7 Å². The lowest BCUT2D eigenvalue weighted by Crippen LogP contribution is -2.60. The molecule has 1 aliphatic heterocycles. The number of amidine groups is 1. The molecule has 148 valence electrons. The van der Waals surface area contributed by atoms with Crippen LogP contribution in [0.4, 0.5) is 17.1 Å². The Hall–Kier alpha value is -2.24. The van der Waals surface area contributed by atoms with E-state index in [1.165, 1.54) is 0 Å². The summed E-state index contributed by atoms with van der Waals surface area (Å²) in [6.45, 7) is 2.03. The topological polar surface area (TPSA) is 62.4 Å². The van der Waals surface area contributed by atoms with Crippen LogP contribution in [0.5, 0.6) is 0 Å². The molecule has 1 aliphatic rings. The van der Waals surface area contributed by atoms with E-state index in [0.29, 0.717) is 27.3 Å². The molecule has 1 heterocycles. The zero-order valence-corrected chi connectivity index (χ0v) is 17.9. The zero-order valence-electron chi connectivity index (χ0n) is 15.6. The van der Waals surface area contributed by atoms with Crippen LogP contribution in [-0.4, -0.2) is 11.5 Å². The number of aliphatic imine (C=N–C) groups is 1. The molecule has 4 nitrogen and oxygen atoms in total. The highest BCUT2D eigenvalue weighted by Gasteiger charge is 2.36. The fourth-order valence-corrected chi connectivity index (χ4v) is 3.69. The maximum Gasteiger partial charge on any atom is 0.150 e. The van der Waals surface area contributed by atoms with Crippen molar-refractivity contribution in [3.63, 3.8) is 0 Å². The van der Waals surface area contributed by atoms with Gasteiger partial charge < -0.3 is 16.4 Å². The van der Waals surface area contributed by atoms with Crippen molar-refractivity contribution in [1.29, 1.82) is 0 Å². The monoisotopic (exact) mass is 444 g/mol. The number of nitrogens with two attached hydrogens (primary N) is 1. The molecule has 1 unspecified atom stereocenters. The lowest BCUT2D eigenvalue weighted by molar-refractivity contribution is 0.631. The van der Waals surface area contributed by atoms with E-state index in [-0.39, 0.29) is 0 Å². The molecule has 3 aromatic rings. The van der Waals surface area contributed by atoms with Crippen LogP contribution in [0.3, 0.4) is 0 Å². The molecular weight excluding hydrogens is 427 g/mol. The fourth-order valence-electron chi connectivity index (χ4n) is 3.26. The van der Waals surface area contributed by atoms with E-state index in [0.717, 1.165) is 28.2 Å². The maximum absolute atomic E-state index is 6.85. The van der Waals surface area contributed by atoms with Gasteiger partial charge in [-0.15, -0.1) is 0 Å². The highest BCUT2D eigenvalue weighted by atomic mass is 35.5. The van der Waals surface area contributed by atoms with Gasteiger partial charge in [0.15, 0.2) is 0 Å². The third-order valence-electron chi connectivity index (χ3n) is 4.74. The maximum atomic E-state index is 6.85. The van der Waals surface area contributed by atoms with Gasteiger partial charge in [-0.3, -0.25) is 0 Å². The van der Waals surface area contributed by atoms with Crippen molar-refractivity contribution in [3.8, 4) is 0 Å². The fraction of sp³-hybridized carbons (Fsp3) is 0.136. The van der Waals surface area contributed by atoms with E-state index in [4.69, 9.17) is 45.5 Å². The average molecular weight is 446 g/mol. The van der Waals surface area contributed by atoms with E-state index >= 15 is 0 Å². The molecule has 0 bridgehead atoms. The zero-order chi connectivity index (χ0) is 20.6. The van der Waals surface area contributed by atoms with Gasteiger partial charge in [0.05, 0.1) is 21.4 Å². The van der Waals surface area contributed by atoms with Crippen molar-refractivity contribution in [1.82, 2.24) is 0 Å². The van der Waals surface area contributed by atoms with Gasteiger partial charge in [-0.2, -0.15) is 0 Å². The molecule has 29 heavy (non-hydrogen) atoms. The third kappa shape index (κ3) is 4.36. The molecule has 7 heteroatoms. The molecular formula is C22H19Cl3N4. The first-order valence-corrected chi connectivity index (χ1v) is 10.2. The van der Waals surface area contributed by atoms with E-state index < -0.39 is 5.66 Å². The summed E-state index contributed by atoms with van der Waals surface area (Å²) >= 11 is 18.3. The average Bonchev–Trinajstić information content (AvgIpc) is 2.68. The summed E-state index contributed by atoms with van der Waals surface area (Å²) < 4.78 is 0. The van der Waals surface area contributed by atoms with Crippen LogP contribution in [0.2, 0.25) is 15.1 Å². The predicted molar refractivity (Wildman–Crippen MR) is 124 cm³/mol. The molecule has 4 N–H and O–H groups in total. The number of nitrogens with one attached hydrogen (secondary N) is 2. The number of hydrogen-bond donors (Lipinski definition) is 3. The van der Waals surface area contributed by atoms with Gasteiger partial charge >= 0.3 is 0 Å². The molecule has 1 atom stereocenters. The second-order valence-corrected chi connectivity index (χ2v) is 8.39. The lowest BCUT2D eigenvalue weighted by Gasteiger charge is -2.37. The van der Waals surface area contributed by atoms with Gasteiger partial charge in [-0.1, -0.05) is 53.0 Å². The number of halogens is 3. The first-order valence-electron chi connectivity index (χ1n) is 9.06. The predicted octanol–water partition coefficient (Wildman–Crippen LogP) is 6.42. The molecule has 0 spiro atoms. The van der Waals surface area contributed by atoms with Gasteiger partial charge in [0.2, 0.25) is 0 Å². The Kier molecular flexibility index (Phi) is 5.45. The molecule has 0 fully saturated rings. The van der Waals surface area contributed by atoms with Crippen molar-refractivity contribution in [2.45, 2.75) is 19.0 Å². The van der Waals surface area contributed by atoms with Crippen LogP contribution in [0, 0.1) is 6.92 Å². The van der Waals surface area contributed by atoms with Gasteiger partial charge in [0.25, 0.3) is 0 Å². The van der Waals surface area contributed by atoms with Crippen LogP contribution < -0.4 is 16.4 Å². The number of rotatable bonds is 3. The summed E-state index contributed by atoms with van der Waals surface area (Å²) in [6, 6.07) is 19.0. The number of benzene rings is 3. The SMILES string of the molecule is Cc1ccc2c(c1)N=C(Nc1ccc(Cl)c(Cl)c1)C(N)(Cc1ccc(Cl)cc1)N2. The number of nitrogens with zero attached hydrogens (tertiary/aromatic N) is 1. The number of fused-ring (bicyclic) bond motifs is 1. The van der Waals surface area contributed by atoms with Crippen molar-refractivity contribution < 1.29 is 0 Å². The Morgan fingerprint density at radius 3 is 2.45 bits per heavy atom. The highest BCUT2D eigenvalue weighted by molar-refractivity contribution is 6.42. The summed E-state index contributed by atoms with van der Waals surface area (Å²) in [5.41, 5.74) is 10.5. The molecule has 0 saturated heterocycles. The van der Waals surface area contributed by atoms with Gasteiger partial charge in [0.1, 0.15) is 11.5 Å². The lowest BCUT2D eigenvalue weighted by atomic mass is 9.96. The molecule has 0 aliphatic carbocycles. The first kappa shape index (κ1) is 20.0. The Morgan fingerprint density at radius 2 is 1.72 bits per heavy atom. The quantitative estimate of drug-likeness (QED) is 0.436. The Morgan fingerprint density at radius 1 is 0.966 bits per heavy atom. The van der Waals surface area contributed by atoms with Crippen molar-refractivity contribution >= 4 is 57.7 Å². The first-order chi connectivity index (χ1) is 13.8. The van der Waals surface area contributed by atoms with Crippen LogP contribution in [0.25, 0.3) is 0 Å². The Bertz CT molecular complexity index is 1100. The number of aryl methyl sites for hydroxylation is 1. The van der Waals surface area contributed by atoms with Crippen LogP contribution >= 0.6 is 34.8 Å². The molecule has 4 rings (SSSR count). The summed E-state index contributed by atoms with van der Waals surface area (Å²) in [5, 5.41) is 8.40. The van der Waals surface area contributed by atoms with E-state index in [9.17, 15) is 0 Å². The van der Waals surface area contributed by atoms with Crippen LogP contribution in [0.1, 0.15) is 11.1 Å². The smallest absolute Gasteiger partial charge is 0.150 e. The van der Waals surface area contributed by atoms with E-state index in [1.807, 2.05) is 55.5 Å². The van der Waals surface area contributed by atoms with E-state index in [1.54, 1.807) is 12.1 Å². The Labute approximate surface area is 184 Å². The van der Waals surface area contributed by atoms with E-state index in [2.05, 4.69) is 10.6 Å². The van der Waals surface area contributed by atoms with Crippen molar-refractivity contribution in [2.75, 3.05) is 10.6 Å². The summed E-state index contributed by atoms with van der Waals surface area (Å²) in [7, 11) is 0. The van der Waals surface area contributed by atoms with Crippen molar-refractivity contribution in [3.05, 3.63) is 86.9 Å². The van der Waals surface area contributed by atoms with Gasteiger partial charge in [-0.25, -0.2) is 4.99 Å². The number of hydrogen-bond acceptors (Lipinski definition) is 4.